The summed E-state index contributed by atoms with van der Waals surface area (Å²) in [5.41, 5.74) is 3.07. The number of H-pyrrole nitrogens is 1. The number of methoxy groups -OCH3 is 1. The number of likely N-dealkylation sites (tertiary alicyclic amines) is 2. The van der Waals surface area contributed by atoms with Gasteiger partial charge in [-0.1, -0.05) is 18.2 Å². The lowest BCUT2D eigenvalue weighted by molar-refractivity contribution is -0.0496. The normalized spacial score (nSPS) is 18.2. The number of hydrogen-bond donors (Lipinski definition) is 2. The minimum absolute atomic E-state index is 0.0211. The van der Waals surface area contributed by atoms with Crippen LogP contribution in [-0.2, 0) is 6.54 Å². The van der Waals surface area contributed by atoms with E-state index in [1.165, 1.54) is 7.11 Å². The number of carbonyl (C=O) groups excluding carboxylic acids is 2. The van der Waals surface area contributed by atoms with Gasteiger partial charge in [0.15, 0.2) is 0 Å². The van der Waals surface area contributed by atoms with E-state index in [1.807, 2.05) is 31.2 Å². The number of piperidine rings is 2. The standard InChI is InChI=1S/C31H39F2N5O4/c1-19-17-26(42-4)24(28(39)35-19)18-34-29(40)27-21(3)38(25-8-6-5-7-23(25)27)20(2)22-9-13-36(14-10-22)30(41)37-15-11-31(32,33)12-16-37/h5-8,17,20,22H,9-16,18H2,1-4H3,(H,34,40)(H,35,39)/t20-/m1/s1. The summed E-state index contributed by atoms with van der Waals surface area (Å²) in [5.74, 6) is -2.27. The van der Waals surface area contributed by atoms with Gasteiger partial charge in [0.1, 0.15) is 5.75 Å². The van der Waals surface area contributed by atoms with Crippen molar-refractivity contribution in [2.24, 2.45) is 5.92 Å². The van der Waals surface area contributed by atoms with Crippen LogP contribution in [0.2, 0.25) is 0 Å². The van der Waals surface area contributed by atoms with E-state index in [9.17, 15) is 23.2 Å². The highest BCUT2D eigenvalue weighted by Crippen LogP contribution is 2.36. The van der Waals surface area contributed by atoms with Gasteiger partial charge < -0.3 is 29.4 Å². The van der Waals surface area contributed by atoms with Crippen LogP contribution in [0, 0.1) is 19.8 Å². The highest BCUT2D eigenvalue weighted by Gasteiger charge is 2.38. The molecule has 0 saturated carbocycles. The molecule has 0 bridgehead atoms. The predicted molar refractivity (Wildman–Crippen MR) is 156 cm³/mol. The third kappa shape index (κ3) is 5.73. The van der Waals surface area contributed by atoms with Crippen molar-refractivity contribution < 1.29 is 23.1 Å². The van der Waals surface area contributed by atoms with E-state index in [1.54, 1.807) is 22.8 Å². The van der Waals surface area contributed by atoms with Crippen molar-refractivity contribution in [1.82, 2.24) is 24.7 Å². The number of carbonyl (C=O) groups is 2. The zero-order chi connectivity index (χ0) is 30.2. The molecule has 2 aliphatic rings. The van der Waals surface area contributed by atoms with Gasteiger partial charge in [-0.15, -0.1) is 0 Å². The van der Waals surface area contributed by atoms with Crippen LogP contribution in [0.1, 0.15) is 66.0 Å². The van der Waals surface area contributed by atoms with E-state index in [0.717, 1.165) is 29.4 Å². The summed E-state index contributed by atoms with van der Waals surface area (Å²) >= 11 is 0. The minimum Gasteiger partial charge on any atom is -0.496 e. The summed E-state index contributed by atoms with van der Waals surface area (Å²) in [5, 5.41) is 3.75. The summed E-state index contributed by atoms with van der Waals surface area (Å²) in [6.07, 6.45) is 0.995. The number of hydrogen-bond acceptors (Lipinski definition) is 4. The molecule has 4 heterocycles. The monoisotopic (exact) mass is 583 g/mol. The van der Waals surface area contributed by atoms with Crippen LogP contribution in [0.3, 0.4) is 0 Å². The topological polar surface area (TPSA) is 99.7 Å². The van der Waals surface area contributed by atoms with Gasteiger partial charge in [-0.2, -0.15) is 0 Å². The van der Waals surface area contributed by atoms with Crippen LogP contribution in [0.15, 0.2) is 35.1 Å². The number of para-hydroxylation sites is 1. The largest absolute Gasteiger partial charge is 0.496 e. The molecule has 5 rings (SSSR count). The average molecular weight is 584 g/mol. The second-order valence-corrected chi connectivity index (χ2v) is 11.5. The number of aromatic amines is 1. The molecule has 9 nitrogen and oxygen atoms in total. The molecule has 0 aliphatic carbocycles. The second kappa shape index (κ2) is 11.8. The van der Waals surface area contributed by atoms with Crippen LogP contribution < -0.4 is 15.6 Å². The number of halogens is 2. The van der Waals surface area contributed by atoms with Crippen LogP contribution in [0.5, 0.6) is 5.75 Å². The Morgan fingerprint density at radius 1 is 1.10 bits per heavy atom. The number of aryl methyl sites for hydroxylation is 1. The molecule has 42 heavy (non-hydrogen) atoms. The van der Waals surface area contributed by atoms with Gasteiger partial charge >= 0.3 is 6.03 Å². The number of nitrogens with zero attached hydrogens (tertiary/aromatic N) is 3. The Morgan fingerprint density at radius 2 is 1.74 bits per heavy atom. The lowest BCUT2D eigenvalue weighted by Crippen LogP contribution is -2.51. The molecule has 2 fully saturated rings. The van der Waals surface area contributed by atoms with Crippen molar-refractivity contribution in [3.8, 4) is 5.75 Å². The maximum atomic E-state index is 13.6. The fourth-order valence-electron chi connectivity index (χ4n) is 6.50. The molecule has 226 valence electrons. The number of benzene rings is 1. The minimum atomic E-state index is -2.68. The van der Waals surface area contributed by atoms with Crippen LogP contribution in [0.25, 0.3) is 10.9 Å². The molecule has 2 saturated heterocycles. The number of amides is 3. The summed E-state index contributed by atoms with van der Waals surface area (Å²) < 4.78 is 34.7. The third-order valence-corrected chi connectivity index (χ3v) is 8.92. The number of nitrogens with one attached hydrogen (secondary N) is 2. The first kappa shape index (κ1) is 29.6. The van der Waals surface area contributed by atoms with E-state index in [4.69, 9.17) is 4.74 Å². The summed E-state index contributed by atoms with van der Waals surface area (Å²) in [6.45, 7) is 7.19. The van der Waals surface area contributed by atoms with Crippen molar-refractivity contribution in [3.05, 3.63) is 63.2 Å². The van der Waals surface area contributed by atoms with Crippen LogP contribution >= 0.6 is 0 Å². The summed E-state index contributed by atoms with van der Waals surface area (Å²) in [6, 6.07) is 9.43. The van der Waals surface area contributed by atoms with Gasteiger partial charge in [0, 0.05) is 67.4 Å². The Bertz CT molecular complexity index is 1530. The van der Waals surface area contributed by atoms with E-state index < -0.39 is 5.92 Å². The number of aromatic nitrogens is 2. The smallest absolute Gasteiger partial charge is 0.320 e. The van der Waals surface area contributed by atoms with Crippen molar-refractivity contribution in [3.63, 3.8) is 0 Å². The lowest BCUT2D eigenvalue weighted by atomic mass is 9.90. The number of urea groups is 1. The van der Waals surface area contributed by atoms with Gasteiger partial charge in [0.25, 0.3) is 17.4 Å². The molecule has 11 heteroatoms. The molecule has 3 aromatic rings. The number of alkyl halides is 2. The molecule has 2 aromatic heterocycles. The molecule has 1 aromatic carbocycles. The number of rotatable bonds is 6. The first-order valence-electron chi connectivity index (χ1n) is 14.6. The van der Waals surface area contributed by atoms with E-state index in [0.29, 0.717) is 35.7 Å². The fourth-order valence-corrected chi connectivity index (χ4v) is 6.50. The fraction of sp³-hybridized carbons (Fsp3) is 0.516. The van der Waals surface area contributed by atoms with Crippen molar-refractivity contribution in [2.45, 2.75) is 65.0 Å². The molecular weight excluding hydrogens is 544 g/mol. The number of ether oxygens (including phenoxy) is 1. The first-order valence-corrected chi connectivity index (χ1v) is 14.6. The van der Waals surface area contributed by atoms with Crippen molar-refractivity contribution >= 4 is 22.8 Å². The Labute approximate surface area is 243 Å². The molecule has 1 atom stereocenters. The van der Waals surface area contributed by atoms with Crippen molar-refractivity contribution in [1.29, 1.82) is 0 Å². The van der Waals surface area contributed by atoms with E-state index in [-0.39, 0.29) is 61.9 Å². The summed E-state index contributed by atoms with van der Waals surface area (Å²) in [7, 11) is 1.49. The number of pyridine rings is 1. The predicted octanol–water partition coefficient (Wildman–Crippen LogP) is 5.01. The van der Waals surface area contributed by atoms with Crippen LogP contribution in [0.4, 0.5) is 13.6 Å². The van der Waals surface area contributed by atoms with Gasteiger partial charge in [0.2, 0.25) is 0 Å². The zero-order valence-corrected chi connectivity index (χ0v) is 24.6. The van der Waals surface area contributed by atoms with Crippen molar-refractivity contribution in [2.75, 3.05) is 33.3 Å². The number of fused-ring (bicyclic) bond motifs is 1. The molecule has 2 N–H and O–H groups in total. The lowest BCUT2D eigenvalue weighted by Gasteiger charge is -2.40. The maximum Gasteiger partial charge on any atom is 0.320 e. The summed E-state index contributed by atoms with van der Waals surface area (Å²) in [4.78, 5) is 45.2. The second-order valence-electron chi connectivity index (χ2n) is 11.5. The van der Waals surface area contributed by atoms with Gasteiger partial charge in [-0.25, -0.2) is 13.6 Å². The third-order valence-electron chi connectivity index (χ3n) is 8.92. The van der Waals surface area contributed by atoms with Gasteiger partial charge in [-0.3, -0.25) is 9.59 Å². The van der Waals surface area contributed by atoms with E-state index >= 15 is 0 Å². The molecule has 2 aliphatic heterocycles. The van der Waals surface area contributed by atoms with Gasteiger partial charge in [-0.05, 0) is 51.7 Å². The quantitative estimate of drug-likeness (QED) is 0.426. The highest BCUT2D eigenvalue weighted by molar-refractivity contribution is 6.08. The van der Waals surface area contributed by atoms with Gasteiger partial charge in [0.05, 0.1) is 24.8 Å². The Morgan fingerprint density at radius 3 is 2.40 bits per heavy atom. The zero-order valence-electron chi connectivity index (χ0n) is 24.6. The SMILES string of the molecule is COc1cc(C)[nH]c(=O)c1CNC(=O)c1c(C)n([C@H](C)C2CCN(C(=O)N3CCC(F)(F)CC3)CC2)c2ccccc12. The van der Waals surface area contributed by atoms with E-state index in [2.05, 4.69) is 21.8 Å². The first-order chi connectivity index (χ1) is 20.0. The molecular formula is C31H39F2N5O4. The highest BCUT2D eigenvalue weighted by atomic mass is 19.3. The molecule has 0 radical (unpaired) electrons. The Kier molecular flexibility index (Phi) is 8.30. The molecule has 0 unspecified atom stereocenters. The van der Waals surface area contributed by atoms with Crippen LogP contribution in [-0.4, -0.2) is 70.5 Å². The molecule has 0 spiro atoms. The molecule has 3 amide bonds. The maximum absolute atomic E-state index is 13.6. The Hall–Kier alpha value is -3.89. The average Bonchev–Trinajstić information content (AvgIpc) is 3.27. The Balaban J connectivity index is 1.31.